The number of nitrogens with one attached hydrogen (secondary N) is 1. The molecule has 0 spiro atoms. The second-order valence-electron chi connectivity index (χ2n) is 7.60. The Morgan fingerprint density at radius 2 is 1.70 bits per heavy atom. The van der Waals surface area contributed by atoms with Crippen LogP contribution in [0, 0.1) is 23.7 Å². The van der Waals surface area contributed by atoms with Gasteiger partial charge in [0, 0.05) is 14.7 Å². The van der Waals surface area contributed by atoms with Gasteiger partial charge in [-0.3, -0.25) is 24.1 Å². The van der Waals surface area contributed by atoms with Gasteiger partial charge in [-0.1, -0.05) is 55.1 Å². The molecule has 2 aliphatic carbocycles. The minimum Gasteiger partial charge on any atom is -0.454 e. The van der Waals surface area contributed by atoms with E-state index in [1.165, 1.54) is 12.1 Å². The largest absolute Gasteiger partial charge is 0.454 e. The molecule has 0 aromatic heterocycles. The number of likely N-dealkylation sites (tertiary alicyclic amines) is 1. The molecule has 1 heterocycles. The van der Waals surface area contributed by atoms with Crippen LogP contribution in [0.3, 0.4) is 0 Å². The van der Waals surface area contributed by atoms with Gasteiger partial charge >= 0.3 is 5.97 Å². The molecule has 1 saturated heterocycles. The van der Waals surface area contributed by atoms with Gasteiger partial charge in [-0.2, -0.15) is 0 Å². The first-order chi connectivity index (χ1) is 14.2. The zero-order valence-electron chi connectivity index (χ0n) is 15.3. The zero-order valence-corrected chi connectivity index (χ0v) is 20.0. The van der Waals surface area contributed by atoms with Gasteiger partial charge in [-0.15, -0.1) is 0 Å². The Hall–Kier alpha value is -1.16. The van der Waals surface area contributed by atoms with Crippen LogP contribution in [-0.2, 0) is 23.9 Å². The molecular formula is C19H16Br2Cl2N2O5. The predicted molar refractivity (Wildman–Crippen MR) is 117 cm³/mol. The number of esters is 1. The molecule has 2 bridgehead atoms. The lowest BCUT2D eigenvalue weighted by molar-refractivity contribution is -0.154. The number of hydrogen-bond acceptors (Lipinski definition) is 5. The summed E-state index contributed by atoms with van der Waals surface area (Å²) in [5.74, 6) is -2.77. The number of alkyl halides is 2. The smallest absolute Gasteiger partial charge is 0.326 e. The lowest BCUT2D eigenvalue weighted by atomic mass is 9.81. The fraction of sp³-hybridized carbons (Fsp3) is 0.474. The summed E-state index contributed by atoms with van der Waals surface area (Å²) < 4.78 is 4.95. The van der Waals surface area contributed by atoms with Crippen LogP contribution in [0.4, 0.5) is 5.69 Å². The third-order valence-corrected chi connectivity index (χ3v) is 9.69. The van der Waals surface area contributed by atoms with Crippen molar-refractivity contribution in [2.24, 2.45) is 23.7 Å². The van der Waals surface area contributed by atoms with Crippen LogP contribution in [0.1, 0.15) is 6.42 Å². The SMILES string of the molecule is O=C(COC(=O)CN1C(=O)[C@@H]2[C@H]3C[C@@H]([C@H](Br)[C@H]3Br)[C@@H]2C1=O)Nc1ccc(Cl)cc1Cl. The molecule has 3 amide bonds. The minimum atomic E-state index is -0.827. The molecule has 4 rings (SSSR count). The molecule has 1 aliphatic heterocycles. The highest BCUT2D eigenvalue weighted by molar-refractivity contribution is 9.12. The summed E-state index contributed by atoms with van der Waals surface area (Å²) in [6, 6.07) is 4.54. The van der Waals surface area contributed by atoms with Crippen molar-refractivity contribution in [2.45, 2.75) is 16.1 Å². The van der Waals surface area contributed by atoms with Gasteiger partial charge in [-0.25, -0.2) is 0 Å². The zero-order chi connectivity index (χ0) is 21.7. The topological polar surface area (TPSA) is 92.8 Å². The van der Waals surface area contributed by atoms with Gasteiger partial charge in [-0.05, 0) is 36.5 Å². The summed E-state index contributed by atoms with van der Waals surface area (Å²) in [6.45, 7) is -1.07. The third kappa shape index (κ3) is 3.78. The third-order valence-electron chi connectivity index (χ3n) is 5.94. The lowest BCUT2D eigenvalue weighted by Gasteiger charge is -2.28. The van der Waals surface area contributed by atoms with Crippen LogP contribution in [0.2, 0.25) is 10.0 Å². The van der Waals surface area contributed by atoms with Crippen molar-refractivity contribution in [3.05, 3.63) is 28.2 Å². The average Bonchev–Trinajstić information content (AvgIpc) is 3.29. The molecule has 6 atom stereocenters. The van der Waals surface area contributed by atoms with Crippen LogP contribution in [0.25, 0.3) is 0 Å². The number of halogens is 4. The fourth-order valence-corrected chi connectivity index (χ4v) is 6.99. The van der Waals surface area contributed by atoms with E-state index in [1.54, 1.807) is 6.07 Å². The summed E-state index contributed by atoms with van der Waals surface area (Å²) >= 11 is 19.0. The van der Waals surface area contributed by atoms with Gasteiger partial charge in [0.15, 0.2) is 6.61 Å². The molecule has 1 aromatic rings. The number of rotatable bonds is 5. The van der Waals surface area contributed by atoms with Crippen molar-refractivity contribution in [1.82, 2.24) is 4.90 Å². The average molecular weight is 583 g/mol. The molecule has 30 heavy (non-hydrogen) atoms. The Morgan fingerprint density at radius 3 is 2.27 bits per heavy atom. The van der Waals surface area contributed by atoms with Gasteiger partial charge in [0.2, 0.25) is 11.8 Å². The summed E-state index contributed by atoms with van der Waals surface area (Å²) in [6.07, 6.45) is 0.810. The number of hydrogen-bond donors (Lipinski definition) is 1. The first-order valence-corrected chi connectivity index (χ1v) is 11.8. The van der Waals surface area contributed by atoms with E-state index in [9.17, 15) is 19.2 Å². The summed E-state index contributed by atoms with van der Waals surface area (Å²) in [7, 11) is 0. The number of imide groups is 1. The molecule has 11 heteroatoms. The van der Waals surface area contributed by atoms with E-state index in [1.807, 2.05) is 0 Å². The molecule has 0 radical (unpaired) electrons. The highest BCUT2D eigenvalue weighted by Crippen LogP contribution is 2.60. The Morgan fingerprint density at radius 1 is 1.10 bits per heavy atom. The summed E-state index contributed by atoms with van der Waals surface area (Å²) in [5, 5.41) is 3.16. The standard InChI is InChI=1S/C19H16Br2Cl2N2O5/c20-16-8-4-9(17(16)21)15-14(8)18(28)25(19(15)29)5-13(27)30-6-12(26)24-11-2-1-7(22)3-10(11)23/h1-3,8-9,14-17H,4-6H2,(H,24,26)/t8-,9-,14-,15+,16+,17+/m1/s1. The van der Waals surface area contributed by atoms with Crippen LogP contribution in [0.5, 0.6) is 0 Å². The van der Waals surface area contributed by atoms with Gasteiger partial charge in [0.25, 0.3) is 5.91 Å². The van der Waals surface area contributed by atoms with Crippen molar-refractivity contribution >= 4 is 84.4 Å². The Bertz CT molecular complexity index is 913. The van der Waals surface area contributed by atoms with Crippen molar-refractivity contribution in [3.8, 4) is 0 Å². The van der Waals surface area contributed by atoms with Crippen LogP contribution in [0.15, 0.2) is 18.2 Å². The molecule has 1 aromatic carbocycles. The van der Waals surface area contributed by atoms with Crippen molar-refractivity contribution in [1.29, 1.82) is 0 Å². The number of ether oxygens (including phenoxy) is 1. The van der Waals surface area contributed by atoms with E-state index in [0.29, 0.717) is 10.7 Å². The molecule has 2 saturated carbocycles. The summed E-state index contributed by atoms with van der Waals surface area (Å²) in [5.41, 5.74) is 0.323. The number of nitrogens with zero attached hydrogens (tertiary/aromatic N) is 1. The molecule has 3 aliphatic rings. The maximum atomic E-state index is 12.8. The first kappa shape index (κ1) is 22.0. The molecule has 3 fully saturated rings. The Balaban J connectivity index is 1.32. The number of anilines is 1. The minimum absolute atomic E-state index is 0.0664. The highest BCUT2D eigenvalue weighted by Gasteiger charge is 2.66. The van der Waals surface area contributed by atoms with E-state index >= 15 is 0 Å². The number of benzene rings is 1. The van der Waals surface area contributed by atoms with Crippen molar-refractivity contribution in [3.63, 3.8) is 0 Å². The lowest BCUT2D eigenvalue weighted by Crippen LogP contribution is -2.38. The van der Waals surface area contributed by atoms with E-state index in [0.717, 1.165) is 11.3 Å². The van der Waals surface area contributed by atoms with Gasteiger partial charge in [0.05, 0.1) is 22.5 Å². The highest BCUT2D eigenvalue weighted by atomic mass is 79.9. The molecule has 0 unspecified atom stereocenters. The predicted octanol–water partition coefficient (Wildman–Crippen LogP) is 3.25. The Labute approximate surface area is 199 Å². The van der Waals surface area contributed by atoms with Crippen molar-refractivity contribution in [2.75, 3.05) is 18.5 Å². The molecule has 1 N–H and O–H groups in total. The van der Waals surface area contributed by atoms with E-state index in [-0.39, 0.29) is 38.3 Å². The van der Waals surface area contributed by atoms with Gasteiger partial charge in [0.1, 0.15) is 6.54 Å². The van der Waals surface area contributed by atoms with E-state index < -0.39 is 36.9 Å². The Kier molecular flexibility index (Phi) is 6.18. The van der Waals surface area contributed by atoms with E-state index in [2.05, 4.69) is 37.2 Å². The second-order valence-corrected chi connectivity index (χ2v) is 10.6. The van der Waals surface area contributed by atoms with E-state index in [4.69, 9.17) is 27.9 Å². The second kappa shape index (κ2) is 8.41. The van der Waals surface area contributed by atoms with Crippen LogP contribution < -0.4 is 5.32 Å². The normalized spacial score (nSPS) is 31.8. The first-order valence-electron chi connectivity index (χ1n) is 9.23. The molecule has 7 nitrogen and oxygen atoms in total. The quantitative estimate of drug-likeness (QED) is 0.327. The number of fused-ring (bicyclic) bond motifs is 5. The molecular weight excluding hydrogens is 567 g/mol. The van der Waals surface area contributed by atoms with Gasteiger partial charge < -0.3 is 10.1 Å². The maximum Gasteiger partial charge on any atom is 0.326 e. The monoisotopic (exact) mass is 580 g/mol. The number of carbonyl (C=O) groups excluding carboxylic acids is 4. The number of carbonyl (C=O) groups is 4. The maximum absolute atomic E-state index is 12.8. The number of amides is 3. The van der Waals surface area contributed by atoms with Crippen LogP contribution >= 0.6 is 55.1 Å². The molecule has 160 valence electrons. The van der Waals surface area contributed by atoms with Crippen LogP contribution in [-0.4, -0.2) is 51.4 Å². The summed E-state index contributed by atoms with van der Waals surface area (Å²) in [4.78, 5) is 50.9. The fourth-order valence-electron chi connectivity index (χ4n) is 4.66. The van der Waals surface area contributed by atoms with Crippen molar-refractivity contribution < 1.29 is 23.9 Å².